The summed E-state index contributed by atoms with van der Waals surface area (Å²) in [5.41, 5.74) is 1.15. The average Bonchev–Trinajstić information content (AvgIpc) is 2.74. The molecule has 4 heteroatoms. The zero-order valence-electron chi connectivity index (χ0n) is 8.22. The molecule has 1 N–H and O–H groups in total. The lowest BCUT2D eigenvalue weighted by atomic mass is 10.1. The Morgan fingerprint density at radius 3 is 2.81 bits per heavy atom. The van der Waals surface area contributed by atoms with Gasteiger partial charge >= 0.3 is 0 Å². The van der Waals surface area contributed by atoms with Gasteiger partial charge in [0.05, 0.1) is 22.4 Å². The lowest BCUT2D eigenvalue weighted by Gasteiger charge is -2.08. The van der Waals surface area contributed by atoms with E-state index in [4.69, 9.17) is 9.68 Å². The molecule has 1 atom stereocenters. The minimum absolute atomic E-state index is 0.440. The fourth-order valence-corrected chi connectivity index (χ4v) is 1.85. The summed E-state index contributed by atoms with van der Waals surface area (Å²) < 4.78 is 5.88. The fourth-order valence-electron chi connectivity index (χ4n) is 1.43. The number of furan rings is 1. The first-order chi connectivity index (χ1) is 7.72. The van der Waals surface area contributed by atoms with Crippen molar-refractivity contribution in [2.45, 2.75) is 6.10 Å². The van der Waals surface area contributed by atoms with Crippen molar-refractivity contribution >= 4 is 15.9 Å². The van der Waals surface area contributed by atoms with Crippen LogP contribution in [0.25, 0.3) is 0 Å². The second kappa shape index (κ2) is 4.52. The number of aliphatic hydroxyl groups excluding tert-OH is 1. The first-order valence-corrected chi connectivity index (χ1v) is 5.42. The largest absolute Gasteiger partial charge is 0.465 e. The molecule has 1 aromatic heterocycles. The molecular weight excluding hydrogens is 270 g/mol. The van der Waals surface area contributed by atoms with Crippen LogP contribution in [0, 0.1) is 11.3 Å². The van der Waals surface area contributed by atoms with Gasteiger partial charge in [0.1, 0.15) is 6.10 Å². The van der Waals surface area contributed by atoms with Crippen molar-refractivity contribution in [3.05, 3.63) is 58.0 Å². The predicted octanol–water partition coefficient (Wildman–Crippen LogP) is 3.00. The molecule has 2 aromatic rings. The predicted molar refractivity (Wildman–Crippen MR) is 61.6 cm³/mol. The maximum Gasteiger partial charge on any atom is 0.150 e. The molecule has 3 nitrogen and oxygen atoms in total. The van der Waals surface area contributed by atoms with E-state index in [1.54, 1.807) is 30.3 Å². The number of rotatable bonds is 2. The average molecular weight is 278 g/mol. The Balaban J connectivity index is 2.38. The van der Waals surface area contributed by atoms with Crippen LogP contribution in [0.15, 0.2) is 45.5 Å². The topological polar surface area (TPSA) is 57.2 Å². The van der Waals surface area contributed by atoms with Gasteiger partial charge in [0.25, 0.3) is 0 Å². The molecular formula is C12H8BrNO2. The number of aliphatic hydroxyl groups is 1. The van der Waals surface area contributed by atoms with Crippen LogP contribution in [0.4, 0.5) is 0 Å². The number of nitriles is 1. The molecule has 0 radical (unpaired) electrons. The Morgan fingerprint density at radius 1 is 1.38 bits per heavy atom. The van der Waals surface area contributed by atoms with E-state index in [9.17, 15) is 5.11 Å². The highest BCUT2D eigenvalue weighted by Gasteiger charge is 2.17. The Hall–Kier alpha value is -1.57. The van der Waals surface area contributed by atoms with Gasteiger partial charge in [0.15, 0.2) is 5.76 Å². The van der Waals surface area contributed by atoms with E-state index < -0.39 is 6.10 Å². The third-order valence-electron chi connectivity index (χ3n) is 2.22. The number of hydrogen-bond acceptors (Lipinski definition) is 3. The van der Waals surface area contributed by atoms with Crippen LogP contribution in [0.3, 0.4) is 0 Å². The fraction of sp³-hybridized carbons (Fsp3) is 0.0833. The molecule has 2 rings (SSSR count). The standard InChI is InChI=1S/C12H8BrNO2/c13-10-4-5-16-12(10)11(15)9-3-1-2-8(6-9)7-14/h1-6,11,15H. The van der Waals surface area contributed by atoms with E-state index in [1.165, 1.54) is 6.26 Å². The van der Waals surface area contributed by atoms with Gasteiger partial charge < -0.3 is 9.52 Å². The van der Waals surface area contributed by atoms with Crippen molar-refractivity contribution in [1.82, 2.24) is 0 Å². The van der Waals surface area contributed by atoms with E-state index >= 15 is 0 Å². The molecule has 80 valence electrons. The molecule has 0 saturated heterocycles. The monoisotopic (exact) mass is 277 g/mol. The van der Waals surface area contributed by atoms with E-state index in [0.717, 1.165) is 0 Å². The molecule has 1 heterocycles. The number of hydrogen-bond donors (Lipinski definition) is 1. The van der Waals surface area contributed by atoms with Crippen LogP contribution in [0.1, 0.15) is 23.0 Å². The van der Waals surface area contributed by atoms with E-state index in [0.29, 0.717) is 21.4 Å². The summed E-state index contributed by atoms with van der Waals surface area (Å²) in [7, 11) is 0. The summed E-state index contributed by atoms with van der Waals surface area (Å²) in [6, 6.07) is 10.6. The molecule has 0 fully saturated rings. The maximum absolute atomic E-state index is 10.0. The van der Waals surface area contributed by atoms with Gasteiger partial charge in [0, 0.05) is 0 Å². The smallest absolute Gasteiger partial charge is 0.150 e. The molecule has 16 heavy (non-hydrogen) atoms. The zero-order valence-corrected chi connectivity index (χ0v) is 9.81. The van der Waals surface area contributed by atoms with Gasteiger partial charge in [-0.3, -0.25) is 0 Å². The molecule has 0 spiro atoms. The molecule has 0 amide bonds. The van der Waals surface area contributed by atoms with Crippen molar-refractivity contribution in [1.29, 1.82) is 5.26 Å². The van der Waals surface area contributed by atoms with Crippen molar-refractivity contribution in [3.63, 3.8) is 0 Å². The van der Waals surface area contributed by atoms with Crippen molar-refractivity contribution in [2.75, 3.05) is 0 Å². The second-order valence-electron chi connectivity index (χ2n) is 3.27. The van der Waals surface area contributed by atoms with Crippen LogP contribution < -0.4 is 0 Å². The third-order valence-corrected chi connectivity index (χ3v) is 2.88. The van der Waals surface area contributed by atoms with E-state index in [2.05, 4.69) is 15.9 Å². The Morgan fingerprint density at radius 2 is 2.19 bits per heavy atom. The number of halogens is 1. The van der Waals surface area contributed by atoms with Gasteiger partial charge in [-0.1, -0.05) is 12.1 Å². The number of benzene rings is 1. The van der Waals surface area contributed by atoms with Crippen LogP contribution >= 0.6 is 15.9 Å². The van der Waals surface area contributed by atoms with Gasteiger partial charge in [-0.15, -0.1) is 0 Å². The molecule has 1 aromatic carbocycles. The maximum atomic E-state index is 10.0. The highest BCUT2D eigenvalue weighted by Crippen LogP contribution is 2.29. The Bertz CT molecular complexity index is 542. The zero-order chi connectivity index (χ0) is 11.5. The summed E-state index contributed by atoms with van der Waals surface area (Å²) in [6.07, 6.45) is 0.634. The van der Waals surface area contributed by atoms with Gasteiger partial charge in [0.2, 0.25) is 0 Å². The lowest BCUT2D eigenvalue weighted by Crippen LogP contribution is -1.99. The summed E-state index contributed by atoms with van der Waals surface area (Å²) in [5, 5.41) is 18.8. The van der Waals surface area contributed by atoms with Crippen LogP contribution in [-0.4, -0.2) is 5.11 Å². The molecule has 0 aliphatic carbocycles. The first kappa shape index (κ1) is 10.9. The van der Waals surface area contributed by atoms with Gasteiger partial charge in [-0.25, -0.2) is 0 Å². The van der Waals surface area contributed by atoms with Crippen molar-refractivity contribution in [3.8, 4) is 6.07 Å². The minimum Gasteiger partial charge on any atom is -0.465 e. The van der Waals surface area contributed by atoms with Gasteiger partial charge in [-0.05, 0) is 39.7 Å². The second-order valence-corrected chi connectivity index (χ2v) is 4.13. The molecule has 0 aliphatic heterocycles. The summed E-state index contributed by atoms with van der Waals surface area (Å²) >= 11 is 3.28. The van der Waals surface area contributed by atoms with Crippen molar-refractivity contribution in [2.24, 2.45) is 0 Å². The van der Waals surface area contributed by atoms with E-state index in [-0.39, 0.29) is 0 Å². The third kappa shape index (κ3) is 2.01. The van der Waals surface area contributed by atoms with Crippen LogP contribution in [0.5, 0.6) is 0 Å². The Labute approximate surface area is 101 Å². The minimum atomic E-state index is -0.863. The highest BCUT2D eigenvalue weighted by atomic mass is 79.9. The molecule has 1 unspecified atom stereocenters. The normalized spacial score (nSPS) is 12.1. The van der Waals surface area contributed by atoms with Crippen LogP contribution in [0.2, 0.25) is 0 Å². The summed E-state index contributed by atoms with van der Waals surface area (Å²) in [5.74, 6) is 0.440. The highest BCUT2D eigenvalue weighted by molar-refractivity contribution is 9.10. The molecule has 0 aliphatic rings. The lowest BCUT2D eigenvalue weighted by molar-refractivity contribution is 0.188. The first-order valence-electron chi connectivity index (χ1n) is 4.63. The summed E-state index contributed by atoms with van der Waals surface area (Å²) in [6.45, 7) is 0. The SMILES string of the molecule is N#Cc1cccc(C(O)c2occc2Br)c1. The Kier molecular flexibility index (Phi) is 3.09. The quantitative estimate of drug-likeness (QED) is 0.918. The van der Waals surface area contributed by atoms with Gasteiger partial charge in [-0.2, -0.15) is 5.26 Å². The number of nitrogens with zero attached hydrogens (tertiary/aromatic N) is 1. The molecule has 0 saturated carbocycles. The summed E-state index contributed by atoms with van der Waals surface area (Å²) in [4.78, 5) is 0. The van der Waals surface area contributed by atoms with Crippen molar-refractivity contribution < 1.29 is 9.52 Å². The van der Waals surface area contributed by atoms with E-state index in [1.807, 2.05) is 6.07 Å². The van der Waals surface area contributed by atoms with Crippen LogP contribution in [-0.2, 0) is 0 Å². The molecule has 0 bridgehead atoms.